The topological polar surface area (TPSA) is 74.5 Å². The van der Waals surface area contributed by atoms with E-state index in [1.54, 1.807) is 18.5 Å². The smallest absolute Gasteiger partial charge is 0.222 e. The average Bonchev–Trinajstić information content (AvgIpc) is 3.25. The summed E-state index contributed by atoms with van der Waals surface area (Å²) in [7, 11) is 0. The lowest BCUT2D eigenvalue weighted by Gasteiger charge is -2.41. The summed E-state index contributed by atoms with van der Waals surface area (Å²) in [4.78, 5) is 17.3. The first-order valence-electron chi connectivity index (χ1n) is 11.3. The van der Waals surface area contributed by atoms with E-state index in [0.717, 1.165) is 55.7 Å². The molecule has 3 aliphatic heterocycles. The van der Waals surface area contributed by atoms with Crippen LogP contribution < -0.4 is 9.64 Å². The van der Waals surface area contributed by atoms with E-state index in [1.807, 2.05) is 6.07 Å². The van der Waals surface area contributed by atoms with Crippen LogP contribution in [0.2, 0.25) is 5.02 Å². The highest BCUT2D eigenvalue weighted by atomic mass is 35.5. The number of halogens is 1. The van der Waals surface area contributed by atoms with Crippen molar-refractivity contribution in [2.45, 2.75) is 76.7 Å². The third-order valence-corrected chi connectivity index (χ3v) is 6.67. The van der Waals surface area contributed by atoms with Gasteiger partial charge >= 0.3 is 0 Å². The lowest BCUT2D eigenvalue weighted by Crippen LogP contribution is -2.49. The van der Waals surface area contributed by atoms with Crippen LogP contribution in [0, 0.1) is 11.3 Å². The highest BCUT2D eigenvalue weighted by Crippen LogP contribution is 2.42. The number of nitriles is 1. The van der Waals surface area contributed by atoms with Crippen molar-refractivity contribution in [2.24, 2.45) is 0 Å². The summed E-state index contributed by atoms with van der Waals surface area (Å²) in [5.41, 5.74) is 2.23. The second kappa shape index (κ2) is 8.18. The maximum absolute atomic E-state index is 9.11. The molecule has 8 heteroatoms. The van der Waals surface area contributed by atoms with E-state index < -0.39 is 0 Å². The fourth-order valence-electron chi connectivity index (χ4n) is 5.10. The Balaban J connectivity index is 1.33. The van der Waals surface area contributed by atoms with Gasteiger partial charge in [0.1, 0.15) is 18.2 Å². The van der Waals surface area contributed by atoms with Crippen LogP contribution in [0.1, 0.15) is 57.6 Å². The molecule has 0 aliphatic carbocycles. The van der Waals surface area contributed by atoms with Gasteiger partial charge in [0.15, 0.2) is 0 Å². The van der Waals surface area contributed by atoms with Gasteiger partial charge in [-0.15, -0.1) is 0 Å². The molecule has 0 spiro atoms. The van der Waals surface area contributed by atoms with E-state index in [-0.39, 0.29) is 11.7 Å². The predicted octanol–water partition coefficient (Wildman–Crippen LogP) is 4.80. The Labute approximate surface area is 193 Å². The molecular weight excluding hydrogens is 426 g/mol. The Morgan fingerprint density at radius 2 is 1.91 bits per heavy atom. The molecule has 5 rings (SSSR count). The summed E-state index contributed by atoms with van der Waals surface area (Å²) in [5.74, 6) is 1.51. The van der Waals surface area contributed by atoms with E-state index in [2.05, 4.69) is 46.8 Å². The van der Waals surface area contributed by atoms with Gasteiger partial charge in [0, 0.05) is 31.5 Å². The van der Waals surface area contributed by atoms with Crippen LogP contribution in [0.5, 0.6) is 5.88 Å². The summed E-state index contributed by atoms with van der Waals surface area (Å²) in [6, 6.07) is 8.25. The second-order valence-corrected chi connectivity index (χ2v) is 10.2. The quantitative estimate of drug-likeness (QED) is 0.658. The molecule has 4 heterocycles. The third kappa shape index (κ3) is 4.03. The molecule has 1 aromatic heterocycles. The number of benzene rings is 1. The van der Waals surface area contributed by atoms with Gasteiger partial charge in [-0.2, -0.15) is 10.3 Å². The largest absolute Gasteiger partial charge is 0.474 e. The molecule has 2 saturated heterocycles. The lowest BCUT2D eigenvalue weighted by atomic mass is 10.0. The van der Waals surface area contributed by atoms with Crippen molar-refractivity contribution >= 4 is 23.1 Å². The van der Waals surface area contributed by atoms with Crippen molar-refractivity contribution in [3.8, 4) is 11.9 Å². The minimum Gasteiger partial charge on any atom is -0.474 e. The summed E-state index contributed by atoms with van der Waals surface area (Å²) in [5, 5.41) is 11.9. The SMILES string of the molecule is CC(C)(C)ON1[C@H]2CC[C@H]1CC(Oc1ncnc3c1CCN3c1ccc(C#N)cc1Cl)C2. The molecule has 3 aliphatic rings. The number of anilines is 2. The molecule has 0 N–H and O–H groups in total. The number of piperidine rings is 1. The number of hydroxylamine groups is 2. The molecule has 1 aromatic carbocycles. The van der Waals surface area contributed by atoms with Gasteiger partial charge in [-0.3, -0.25) is 4.84 Å². The van der Waals surface area contributed by atoms with Crippen molar-refractivity contribution in [3.63, 3.8) is 0 Å². The van der Waals surface area contributed by atoms with Gasteiger partial charge in [-0.25, -0.2) is 9.97 Å². The van der Waals surface area contributed by atoms with Gasteiger partial charge < -0.3 is 9.64 Å². The highest BCUT2D eigenvalue weighted by molar-refractivity contribution is 6.33. The van der Waals surface area contributed by atoms with Gasteiger partial charge in [0.2, 0.25) is 5.88 Å². The molecule has 168 valence electrons. The van der Waals surface area contributed by atoms with Crippen molar-refractivity contribution in [1.82, 2.24) is 15.0 Å². The fraction of sp³-hybridized carbons (Fsp3) is 0.542. The Morgan fingerprint density at radius 3 is 2.56 bits per heavy atom. The van der Waals surface area contributed by atoms with Crippen LogP contribution in [0.15, 0.2) is 24.5 Å². The molecule has 2 bridgehead atoms. The van der Waals surface area contributed by atoms with Crippen LogP contribution in [-0.4, -0.2) is 45.4 Å². The first-order chi connectivity index (χ1) is 15.3. The number of aromatic nitrogens is 2. The van der Waals surface area contributed by atoms with Gasteiger partial charge in [-0.05, 0) is 58.2 Å². The number of nitrogens with zero attached hydrogens (tertiary/aromatic N) is 5. The van der Waals surface area contributed by atoms with E-state index in [9.17, 15) is 0 Å². The molecule has 0 amide bonds. The monoisotopic (exact) mass is 453 g/mol. The molecule has 2 fully saturated rings. The number of fused-ring (bicyclic) bond motifs is 3. The minimum atomic E-state index is -0.182. The van der Waals surface area contributed by atoms with Crippen molar-refractivity contribution in [3.05, 3.63) is 40.7 Å². The predicted molar refractivity (Wildman–Crippen MR) is 122 cm³/mol. The minimum absolute atomic E-state index is 0.124. The molecule has 2 atom stereocenters. The number of rotatable bonds is 4. The van der Waals surface area contributed by atoms with E-state index >= 15 is 0 Å². The molecular formula is C24H28ClN5O2. The fourth-order valence-corrected chi connectivity index (χ4v) is 5.39. The van der Waals surface area contributed by atoms with Crippen molar-refractivity contribution < 1.29 is 9.57 Å². The van der Waals surface area contributed by atoms with Crippen LogP contribution in [0.25, 0.3) is 0 Å². The van der Waals surface area contributed by atoms with Gasteiger partial charge in [0.25, 0.3) is 0 Å². The highest BCUT2D eigenvalue weighted by Gasteiger charge is 2.44. The number of ether oxygens (including phenoxy) is 1. The Morgan fingerprint density at radius 1 is 1.16 bits per heavy atom. The lowest BCUT2D eigenvalue weighted by molar-refractivity contribution is -0.269. The molecule has 7 nitrogen and oxygen atoms in total. The summed E-state index contributed by atoms with van der Waals surface area (Å²) < 4.78 is 6.47. The standard InChI is InChI=1S/C24H28ClN5O2/c1-24(2,3)32-30-16-5-6-17(30)12-18(11-16)31-23-19-8-9-29(22(19)27-14-28-23)21-7-4-15(13-26)10-20(21)25/h4,7,10,14,16-18H,5-6,8-9,11-12H2,1-3H3/t16-,17-/m0/s1. The first-order valence-corrected chi connectivity index (χ1v) is 11.7. The average molecular weight is 454 g/mol. The maximum Gasteiger partial charge on any atom is 0.222 e. The molecule has 32 heavy (non-hydrogen) atoms. The zero-order valence-electron chi connectivity index (χ0n) is 18.7. The van der Waals surface area contributed by atoms with E-state index in [1.165, 1.54) is 0 Å². The zero-order chi connectivity index (χ0) is 22.5. The molecule has 0 radical (unpaired) electrons. The maximum atomic E-state index is 9.11. The van der Waals surface area contributed by atoms with E-state index in [4.69, 9.17) is 26.4 Å². The van der Waals surface area contributed by atoms with Crippen LogP contribution >= 0.6 is 11.6 Å². The van der Waals surface area contributed by atoms with Crippen LogP contribution in [-0.2, 0) is 11.3 Å². The number of hydrogen-bond donors (Lipinski definition) is 0. The summed E-state index contributed by atoms with van der Waals surface area (Å²) in [6.07, 6.45) is 6.66. The first kappa shape index (κ1) is 21.4. The van der Waals surface area contributed by atoms with Gasteiger partial charge in [-0.1, -0.05) is 11.6 Å². The van der Waals surface area contributed by atoms with Crippen molar-refractivity contribution in [2.75, 3.05) is 11.4 Å². The summed E-state index contributed by atoms with van der Waals surface area (Å²) in [6.45, 7) is 7.06. The zero-order valence-corrected chi connectivity index (χ0v) is 19.5. The van der Waals surface area contributed by atoms with Gasteiger partial charge in [0.05, 0.1) is 33.5 Å². The normalized spacial score (nSPS) is 25.0. The number of hydrogen-bond acceptors (Lipinski definition) is 7. The summed E-state index contributed by atoms with van der Waals surface area (Å²) >= 11 is 6.46. The second-order valence-electron chi connectivity index (χ2n) is 9.82. The van der Waals surface area contributed by atoms with Crippen molar-refractivity contribution in [1.29, 1.82) is 5.26 Å². The van der Waals surface area contributed by atoms with Crippen LogP contribution in [0.3, 0.4) is 0 Å². The van der Waals surface area contributed by atoms with Crippen LogP contribution in [0.4, 0.5) is 11.5 Å². The third-order valence-electron chi connectivity index (χ3n) is 6.37. The Bertz CT molecular complexity index is 1050. The molecule has 2 aromatic rings. The Kier molecular flexibility index (Phi) is 5.48. The van der Waals surface area contributed by atoms with E-state index in [0.29, 0.717) is 28.5 Å². The Hall–Kier alpha value is -2.40. The molecule has 0 unspecified atom stereocenters. The molecule has 0 saturated carbocycles.